The van der Waals surface area contributed by atoms with Gasteiger partial charge in [-0.2, -0.15) is 0 Å². The largest absolute Gasteiger partial charge is 0.697 e. The van der Waals surface area contributed by atoms with E-state index in [-0.39, 0.29) is 13.2 Å². The Kier molecular flexibility index (Phi) is 6.84. The molecule has 10 nitrogen and oxygen atoms in total. The van der Waals surface area contributed by atoms with Crippen molar-refractivity contribution >= 4 is 8.25 Å². The molecule has 0 radical (unpaired) electrons. The van der Waals surface area contributed by atoms with Crippen molar-refractivity contribution in [3.63, 3.8) is 0 Å². The maximum absolute atomic E-state index is 11.9. The lowest BCUT2D eigenvalue weighted by atomic mass is 9.99. The predicted molar refractivity (Wildman–Crippen MR) is 96.6 cm³/mol. The van der Waals surface area contributed by atoms with Crippen molar-refractivity contribution in [3.8, 4) is 0 Å². The minimum Gasteiger partial charge on any atom is -0.396 e. The van der Waals surface area contributed by atoms with Crippen LogP contribution in [0.2, 0.25) is 0 Å². The zero-order valence-electron chi connectivity index (χ0n) is 14.7. The van der Waals surface area contributed by atoms with Crippen LogP contribution < -0.4 is 11.2 Å². The molecule has 1 aromatic carbocycles. The number of H-pyrrole nitrogens is 1. The van der Waals surface area contributed by atoms with Crippen LogP contribution in [0.15, 0.2) is 52.2 Å². The van der Waals surface area contributed by atoms with Crippen molar-refractivity contribution in [1.29, 1.82) is 0 Å². The van der Waals surface area contributed by atoms with Gasteiger partial charge in [-0.3, -0.25) is 14.3 Å². The second kappa shape index (κ2) is 9.33. The molecule has 0 aliphatic carbocycles. The SMILES string of the molecule is O=c1ccn(C2OC(CO[P+](=O)OCc3ccccc3)C(CO)C2O)c(=O)[nH]1. The molecule has 150 valence electrons. The summed E-state index contributed by atoms with van der Waals surface area (Å²) in [5.74, 6) is -0.777. The number of aliphatic hydroxyl groups excluding tert-OH is 2. The Bertz CT molecular complexity index is 915. The van der Waals surface area contributed by atoms with Crippen molar-refractivity contribution in [2.24, 2.45) is 5.92 Å². The lowest BCUT2D eigenvalue weighted by molar-refractivity contribution is -0.0514. The fraction of sp³-hybridized carbons (Fsp3) is 0.412. The molecule has 5 atom stereocenters. The topological polar surface area (TPSA) is 140 Å². The summed E-state index contributed by atoms with van der Waals surface area (Å²) in [6.07, 6.45) is -2.00. The van der Waals surface area contributed by atoms with E-state index < -0.39 is 50.5 Å². The fourth-order valence-electron chi connectivity index (χ4n) is 2.91. The van der Waals surface area contributed by atoms with E-state index in [1.807, 2.05) is 30.3 Å². The number of nitrogens with one attached hydrogen (secondary N) is 1. The summed E-state index contributed by atoms with van der Waals surface area (Å²) in [5, 5.41) is 19.9. The van der Waals surface area contributed by atoms with Crippen LogP contribution in [0.3, 0.4) is 0 Å². The zero-order valence-corrected chi connectivity index (χ0v) is 15.6. The van der Waals surface area contributed by atoms with Crippen molar-refractivity contribution in [3.05, 3.63) is 69.0 Å². The van der Waals surface area contributed by atoms with Gasteiger partial charge in [0, 0.05) is 22.7 Å². The number of ether oxygens (including phenoxy) is 1. The van der Waals surface area contributed by atoms with Crippen molar-refractivity contribution in [1.82, 2.24) is 9.55 Å². The molecule has 0 bridgehead atoms. The van der Waals surface area contributed by atoms with Gasteiger partial charge >= 0.3 is 13.9 Å². The molecular weight excluding hydrogens is 391 g/mol. The zero-order chi connectivity index (χ0) is 20.1. The molecule has 28 heavy (non-hydrogen) atoms. The summed E-state index contributed by atoms with van der Waals surface area (Å²) in [5.41, 5.74) is -0.514. The second-order valence-corrected chi connectivity index (χ2v) is 7.16. The van der Waals surface area contributed by atoms with E-state index in [9.17, 15) is 24.4 Å². The molecule has 11 heteroatoms. The van der Waals surface area contributed by atoms with Crippen LogP contribution >= 0.6 is 8.25 Å². The summed E-state index contributed by atoms with van der Waals surface area (Å²) < 4.78 is 28.8. The summed E-state index contributed by atoms with van der Waals surface area (Å²) >= 11 is 0. The van der Waals surface area contributed by atoms with Crippen LogP contribution in [0, 0.1) is 5.92 Å². The summed E-state index contributed by atoms with van der Waals surface area (Å²) in [4.78, 5) is 25.2. The Morgan fingerprint density at radius 1 is 1.18 bits per heavy atom. The Labute approximate surface area is 160 Å². The van der Waals surface area contributed by atoms with E-state index in [1.54, 1.807) is 0 Å². The standard InChI is InChI=1S/C17H19N2O8P/c20-8-12-13(10-26-28(24)25-9-11-4-2-1-3-5-11)27-16(15(12)22)19-7-6-14(21)18-17(19)23/h1-7,12-13,15-16,20,22H,8-10H2/p+1. The second-order valence-electron chi connectivity index (χ2n) is 6.20. The predicted octanol–water partition coefficient (Wildman–Crippen LogP) is 0.294. The first-order valence-corrected chi connectivity index (χ1v) is 9.62. The van der Waals surface area contributed by atoms with Crippen LogP contribution in [0.1, 0.15) is 11.8 Å². The summed E-state index contributed by atoms with van der Waals surface area (Å²) in [6, 6.07) is 10.2. The average Bonchev–Trinajstić information content (AvgIpc) is 3.01. The number of hydrogen-bond acceptors (Lipinski definition) is 8. The summed E-state index contributed by atoms with van der Waals surface area (Å²) in [6.45, 7) is -0.560. The third kappa shape index (κ3) is 4.79. The highest BCUT2D eigenvalue weighted by atomic mass is 31.1. The van der Waals surface area contributed by atoms with E-state index in [0.29, 0.717) is 0 Å². The molecule has 0 saturated carbocycles. The monoisotopic (exact) mass is 411 g/mol. The number of aromatic nitrogens is 2. The molecule has 2 heterocycles. The van der Waals surface area contributed by atoms with E-state index in [4.69, 9.17) is 13.8 Å². The van der Waals surface area contributed by atoms with Gasteiger partial charge in [-0.15, -0.1) is 9.05 Å². The first-order valence-electron chi connectivity index (χ1n) is 8.52. The highest BCUT2D eigenvalue weighted by Crippen LogP contribution is 2.35. The van der Waals surface area contributed by atoms with Gasteiger partial charge in [-0.25, -0.2) is 4.79 Å². The maximum atomic E-state index is 11.9. The van der Waals surface area contributed by atoms with Gasteiger partial charge in [0.1, 0.15) is 19.3 Å². The third-order valence-corrected chi connectivity index (χ3v) is 5.08. The number of rotatable bonds is 8. The van der Waals surface area contributed by atoms with Gasteiger partial charge < -0.3 is 14.9 Å². The van der Waals surface area contributed by atoms with E-state index in [1.165, 1.54) is 6.20 Å². The first-order chi connectivity index (χ1) is 13.5. The highest BCUT2D eigenvalue weighted by molar-refractivity contribution is 7.33. The lowest BCUT2D eigenvalue weighted by Gasteiger charge is -2.17. The van der Waals surface area contributed by atoms with E-state index in [2.05, 4.69) is 4.98 Å². The normalized spacial score (nSPS) is 25.0. The molecule has 1 aliphatic rings. The molecule has 3 rings (SSSR count). The molecule has 5 unspecified atom stereocenters. The quantitative estimate of drug-likeness (QED) is 0.527. The Morgan fingerprint density at radius 2 is 1.93 bits per heavy atom. The Balaban J connectivity index is 1.59. The fourth-order valence-corrected chi connectivity index (χ4v) is 3.51. The molecule has 0 amide bonds. The Morgan fingerprint density at radius 3 is 2.61 bits per heavy atom. The van der Waals surface area contributed by atoms with Gasteiger partial charge in [-0.05, 0) is 5.56 Å². The molecule has 2 aromatic rings. The highest BCUT2D eigenvalue weighted by Gasteiger charge is 2.46. The molecule has 0 spiro atoms. The Hall–Kier alpha value is -2.20. The smallest absolute Gasteiger partial charge is 0.396 e. The lowest BCUT2D eigenvalue weighted by Crippen LogP contribution is -2.36. The van der Waals surface area contributed by atoms with E-state index >= 15 is 0 Å². The number of aliphatic hydroxyl groups is 2. The molecule has 1 aliphatic heterocycles. The third-order valence-electron chi connectivity index (χ3n) is 4.38. The van der Waals surface area contributed by atoms with Crippen LogP contribution in [-0.2, 0) is 25.0 Å². The van der Waals surface area contributed by atoms with Crippen molar-refractivity contribution in [2.45, 2.75) is 25.0 Å². The molecule has 3 N–H and O–H groups in total. The number of nitrogens with zero attached hydrogens (tertiary/aromatic N) is 1. The molecular formula is C17H20N2O8P+. The minimum atomic E-state index is -2.45. The number of benzene rings is 1. The van der Waals surface area contributed by atoms with Crippen LogP contribution in [0.4, 0.5) is 0 Å². The van der Waals surface area contributed by atoms with Crippen LogP contribution in [0.5, 0.6) is 0 Å². The van der Waals surface area contributed by atoms with Crippen molar-refractivity contribution in [2.75, 3.05) is 13.2 Å². The molecule has 1 aromatic heterocycles. The molecule has 1 fully saturated rings. The van der Waals surface area contributed by atoms with E-state index in [0.717, 1.165) is 16.2 Å². The summed E-state index contributed by atoms with van der Waals surface area (Å²) in [7, 11) is -2.45. The van der Waals surface area contributed by atoms with Crippen molar-refractivity contribution < 1.29 is 28.6 Å². The molecule has 1 saturated heterocycles. The van der Waals surface area contributed by atoms with Gasteiger partial charge in [0.2, 0.25) is 0 Å². The number of hydrogen-bond donors (Lipinski definition) is 3. The van der Waals surface area contributed by atoms with Gasteiger partial charge in [0.25, 0.3) is 5.56 Å². The van der Waals surface area contributed by atoms with Gasteiger partial charge in [0.15, 0.2) is 6.23 Å². The van der Waals surface area contributed by atoms with Crippen LogP contribution in [0.25, 0.3) is 0 Å². The van der Waals surface area contributed by atoms with Crippen LogP contribution in [-0.4, -0.2) is 45.2 Å². The van der Waals surface area contributed by atoms with Gasteiger partial charge in [0.05, 0.1) is 12.7 Å². The first kappa shape index (κ1) is 20.5. The average molecular weight is 411 g/mol. The van der Waals surface area contributed by atoms with Gasteiger partial charge in [-0.1, -0.05) is 30.3 Å². The number of aromatic amines is 1. The maximum Gasteiger partial charge on any atom is 0.697 e. The minimum absolute atomic E-state index is 0.100.